The average molecular weight is 212 g/mol. The summed E-state index contributed by atoms with van der Waals surface area (Å²) in [6, 6.07) is 8.38. The van der Waals surface area contributed by atoms with Gasteiger partial charge in [0.05, 0.1) is 0 Å². The van der Waals surface area contributed by atoms with Crippen molar-refractivity contribution in [3.05, 3.63) is 47.0 Å². The van der Waals surface area contributed by atoms with Crippen molar-refractivity contribution in [3.8, 4) is 0 Å². The van der Waals surface area contributed by atoms with Crippen LogP contribution in [0.3, 0.4) is 0 Å². The van der Waals surface area contributed by atoms with E-state index in [0.29, 0.717) is 34.6 Å². The van der Waals surface area contributed by atoms with Crippen LogP contribution in [0.25, 0.3) is 10.8 Å². The Morgan fingerprint density at radius 1 is 0.750 bits per heavy atom. The Hall–Kier alpha value is -2.29. The topological polar surface area (TPSA) is 51.2 Å². The summed E-state index contributed by atoms with van der Waals surface area (Å²) >= 11 is 0. The van der Waals surface area contributed by atoms with Gasteiger partial charge in [0, 0.05) is 16.7 Å². The largest absolute Gasteiger partial charge is 0.298 e. The van der Waals surface area contributed by atoms with Crippen LogP contribution in [0.2, 0.25) is 0 Å². The molecule has 2 aromatic rings. The Morgan fingerprint density at radius 2 is 1.38 bits per heavy atom. The van der Waals surface area contributed by atoms with Crippen molar-refractivity contribution in [2.24, 2.45) is 0 Å². The van der Waals surface area contributed by atoms with Gasteiger partial charge < -0.3 is 0 Å². The molecule has 0 radical (unpaired) electrons. The van der Waals surface area contributed by atoms with Gasteiger partial charge in [-0.3, -0.25) is 14.4 Å². The maximum atomic E-state index is 10.8. The van der Waals surface area contributed by atoms with E-state index < -0.39 is 0 Å². The fourth-order valence-electron chi connectivity index (χ4n) is 1.69. The van der Waals surface area contributed by atoms with E-state index in [1.165, 1.54) is 0 Å². The minimum Gasteiger partial charge on any atom is -0.298 e. The highest BCUT2D eigenvalue weighted by Gasteiger charge is 2.06. The lowest BCUT2D eigenvalue weighted by atomic mass is 9.99. The third-order valence-corrected chi connectivity index (χ3v) is 2.50. The SMILES string of the molecule is O=Cc1cc2cccc(C=O)c2cc1C=O. The number of carbonyl (C=O) groups is 3. The first-order valence-corrected chi connectivity index (χ1v) is 4.72. The molecule has 0 unspecified atom stereocenters. The van der Waals surface area contributed by atoms with Crippen molar-refractivity contribution in [3.63, 3.8) is 0 Å². The Labute approximate surface area is 91.7 Å². The van der Waals surface area contributed by atoms with Crippen LogP contribution < -0.4 is 0 Å². The van der Waals surface area contributed by atoms with E-state index in [2.05, 4.69) is 0 Å². The Bertz CT molecular complexity index is 585. The van der Waals surface area contributed by atoms with Crippen LogP contribution in [0.5, 0.6) is 0 Å². The summed E-state index contributed by atoms with van der Waals surface area (Å²) < 4.78 is 0. The first-order chi connectivity index (χ1) is 7.80. The van der Waals surface area contributed by atoms with Gasteiger partial charge >= 0.3 is 0 Å². The lowest BCUT2D eigenvalue weighted by Gasteiger charge is -2.03. The predicted octanol–water partition coefficient (Wildman–Crippen LogP) is 2.28. The fraction of sp³-hybridized carbons (Fsp3) is 0. The van der Waals surface area contributed by atoms with Gasteiger partial charge in [-0.05, 0) is 22.9 Å². The number of benzene rings is 2. The second kappa shape index (κ2) is 4.06. The molecule has 0 atom stereocenters. The van der Waals surface area contributed by atoms with E-state index >= 15 is 0 Å². The van der Waals surface area contributed by atoms with Crippen molar-refractivity contribution in [2.45, 2.75) is 0 Å². The van der Waals surface area contributed by atoms with E-state index in [0.717, 1.165) is 11.7 Å². The van der Waals surface area contributed by atoms with E-state index in [4.69, 9.17) is 0 Å². The van der Waals surface area contributed by atoms with Gasteiger partial charge in [-0.1, -0.05) is 18.2 Å². The van der Waals surface area contributed by atoms with Crippen molar-refractivity contribution in [1.29, 1.82) is 0 Å². The van der Waals surface area contributed by atoms with Gasteiger partial charge in [-0.2, -0.15) is 0 Å². The highest BCUT2D eigenvalue weighted by atomic mass is 16.1. The maximum Gasteiger partial charge on any atom is 0.150 e. The van der Waals surface area contributed by atoms with Crippen molar-refractivity contribution >= 4 is 29.6 Å². The monoisotopic (exact) mass is 212 g/mol. The molecule has 0 aromatic heterocycles. The molecule has 0 aliphatic heterocycles. The second-order valence-corrected chi connectivity index (χ2v) is 3.40. The van der Waals surface area contributed by atoms with Gasteiger partial charge in [-0.25, -0.2) is 0 Å². The Kier molecular flexibility index (Phi) is 2.60. The average Bonchev–Trinajstić information content (AvgIpc) is 2.36. The lowest BCUT2D eigenvalue weighted by molar-refractivity contribution is 0.109. The molecular weight excluding hydrogens is 204 g/mol. The van der Waals surface area contributed by atoms with Gasteiger partial charge in [0.25, 0.3) is 0 Å². The normalized spacial score (nSPS) is 10.0. The third-order valence-electron chi connectivity index (χ3n) is 2.50. The summed E-state index contributed by atoms with van der Waals surface area (Å²) in [5.74, 6) is 0. The minimum absolute atomic E-state index is 0.303. The molecular formula is C13H8O3. The van der Waals surface area contributed by atoms with Crippen molar-refractivity contribution < 1.29 is 14.4 Å². The molecule has 0 saturated heterocycles. The van der Waals surface area contributed by atoms with Crippen LogP contribution in [0, 0.1) is 0 Å². The molecule has 0 fully saturated rings. The highest BCUT2D eigenvalue weighted by Crippen LogP contribution is 2.21. The maximum absolute atomic E-state index is 10.8. The summed E-state index contributed by atoms with van der Waals surface area (Å²) in [6.45, 7) is 0. The Balaban J connectivity index is 2.87. The summed E-state index contributed by atoms with van der Waals surface area (Å²) in [4.78, 5) is 32.4. The molecule has 0 N–H and O–H groups in total. The minimum atomic E-state index is 0.303. The van der Waals surface area contributed by atoms with Crippen LogP contribution in [0.15, 0.2) is 30.3 Å². The van der Waals surface area contributed by atoms with Crippen LogP contribution >= 0.6 is 0 Å². The molecule has 2 aromatic carbocycles. The highest BCUT2D eigenvalue weighted by molar-refractivity contribution is 6.04. The van der Waals surface area contributed by atoms with Gasteiger partial charge in [-0.15, -0.1) is 0 Å². The van der Waals surface area contributed by atoms with E-state index in [1.54, 1.807) is 30.3 Å². The van der Waals surface area contributed by atoms with E-state index in [9.17, 15) is 14.4 Å². The summed E-state index contributed by atoms with van der Waals surface area (Å²) in [6.07, 6.45) is 1.99. The summed E-state index contributed by atoms with van der Waals surface area (Å²) in [7, 11) is 0. The first kappa shape index (κ1) is 10.2. The summed E-state index contributed by atoms with van der Waals surface area (Å²) in [5.41, 5.74) is 1.15. The van der Waals surface area contributed by atoms with Crippen molar-refractivity contribution in [2.75, 3.05) is 0 Å². The molecule has 0 saturated carbocycles. The Morgan fingerprint density at radius 3 is 2.00 bits per heavy atom. The van der Waals surface area contributed by atoms with Crippen LogP contribution in [-0.4, -0.2) is 18.9 Å². The molecule has 78 valence electrons. The molecule has 0 aliphatic rings. The number of hydrogen-bond donors (Lipinski definition) is 0. The standard InChI is InChI=1S/C13H8O3/c14-6-10-3-1-2-9-4-11(7-15)12(8-16)5-13(9)10/h1-8H. The molecule has 0 amide bonds. The first-order valence-electron chi connectivity index (χ1n) is 4.72. The molecule has 0 bridgehead atoms. The zero-order chi connectivity index (χ0) is 11.5. The summed E-state index contributed by atoms with van der Waals surface area (Å²) in [5, 5.41) is 1.46. The van der Waals surface area contributed by atoms with E-state index in [1.807, 2.05) is 0 Å². The van der Waals surface area contributed by atoms with Gasteiger partial charge in [0.15, 0.2) is 18.9 Å². The quantitative estimate of drug-likeness (QED) is 0.733. The molecule has 0 spiro atoms. The van der Waals surface area contributed by atoms with Crippen LogP contribution in [0.4, 0.5) is 0 Å². The number of rotatable bonds is 3. The molecule has 3 heteroatoms. The van der Waals surface area contributed by atoms with E-state index in [-0.39, 0.29) is 0 Å². The fourth-order valence-corrected chi connectivity index (χ4v) is 1.69. The number of carbonyl (C=O) groups excluding carboxylic acids is 3. The molecule has 3 nitrogen and oxygen atoms in total. The predicted molar refractivity (Wildman–Crippen MR) is 60.1 cm³/mol. The van der Waals surface area contributed by atoms with Gasteiger partial charge in [0.1, 0.15) is 0 Å². The van der Waals surface area contributed by atoms with Crippen molar-refractivity contribution in [1.82, 2.24) is 0 Å². The zero-order valence-electron chi connectivity index (χ0n) is 8.34. The lowest BCUT2D eigenvalue weighted by Crippen LogP contribution is -1.93. The van der Waals surface area contributed by atoms with Crippen LogP contribution in [-0.2, 0) is 0 Å². The smallest absolute Gasteiger partial charge is 0.150 e. The second-order valence-electron chi connectivity index (χ2n) is 3.40. The molecule has 16 heavy (non-hydrogen) atoms. The molecule has 2 rings (SSSR count). The van der Waals surface area contributed by atoms with Gasteiger partial charge in [0.2, 0.25) is 0 Å². The molecule has 0 aliphatic carbocycles. The van der Waals surface area contributed by atoms with Crippen LogP contribution in [0.1, 0.15) is 31.1 Å². The number of hydrogen-bond acceptors (Lipinski definition) is 3. The third kappa shape index (κ3) is 1.52. The number of aldehydes is 3. The number of fused-ring (bicyclic) bond motifs is 1. The zero-order valence-corrected chi connectivity index (χ0v) is 8.34. The molecule has 0 heterocycles.